The van der Waals surface area contributed by atoms with Crippen LogP contribution in [0.25, 0.3) is 0 Å². The van der Waals surface area contributed by atoms with Crippen molar-refractivity contribution in [2.24, 2.45) is 0 Å². The molecule has 0 bridgehead atoms. The third-order valence-electron chi connectivity index (χ3n) is 3.27. The average Bonchev–Trinajstić information content (AvgIpc) is 2.47. The van der Waals surface area contributed by atoms with E-state index in [2.05, 4.69) is 9.64 Å². The molecule has 0 aromatic heterocycles. The molecule has 0 spiro atoms. The molecule has 0 amide bonds. The first-order valence-corrected chi connectivity index (χ1v) is 6.36. The first kappa shape index (κ1) is 14.0. The van der Waals surface area contributed by atoms with Gasteiger partial charge >= 0.3 is 5.97 Å². The number of benzene rings is 1. The van der Waals surface area contributed by atoms with Gasteiger partial charge in [0.25, 0.3) is 0 Å². The van der Waals surface area contributed by atoms with E-state index >= 15 is 0 Å². The van der Waals surface area contributed by atoms with Crippen LogP contribution in [0, 0.1) is 0 Å². The lowest BCUT2D eigenvalue weighted by atomic mass is 10.0. The maximum Gasteiger partial charge on any atom is 0.339 e. The minimum Gasteiger partial charge on any atom is -0.467 e. The summed E-state index contributed by atoms with van der Waals surface area (Å²) in [6.45, 7) is 3.88. The first-order chi connectivity index (χ1) is 9.22. The summed E-state index contributed by atoms with van der Waals surface area (Å²) in [5, 5.41) is 9.98. The molecule has 1 aromatic rings. The Kier molecular flexibility index (Phi) is 4.90. The summed E-state index contributed by atoms with van der Waals surface area (Å²) in [7, 11) is 1.27. The van der Waals surface area contributed by atoms with Gasteiger partial charge in [-0.15, -0.1) is 0 Å². The summed E-state index contributed by atoms with van der Waals surface area (Å²) < 4.78 is 9.89. The van der Waals surface area contributed by atoms with Crippen molar-refractivity contribution >= 4 is 5.97 Å². The van der Waals surface area contributed by atoms with Crippen LogP contribution in [0.1, 0.15) is 17.2 Å². The molecular formula is C14H19NO4. The minimum absolute atomic E-state index is 0.612. The molecule has 2 rings (SSSR count). The molecule has 1 aromatic carbocycles. The molecule has 1 unspecified atom stereocenters. The van der Waals surface area contributed by atoms with Gasteiger partial charge in [0.05, 0.1) is 20.3 Å². The average molecular weight is 265 g/mol. The van der Waals surface area contributed by atoms with Gasteiger partial charge in [-0.05, 0) is 11.1 Å². The zero-order valence-corrected chi connectivity index (χ0v) is 11.0. The van der Waals surface area contributed by atoms with E-state index in [4.69, 9.17) is 4.74 Å². The predicted molar refractivity (Wildman–Crippen MR) is 69.5 cm³/mol. The van der Waals surface area contributed by atoms with Crippen molar-refractivity contribution in [3.8, 4) is 0 Å². The number of esters is 1. The quantitative estimate of drug-likeness (QED) is 0.813. The molecule has 1 heterocycles. The number of nitrogens with zero attached hydrogens (tertiary/aromatic N) is 1. The van der Waals surface area contributed by atoms with Gasteiger partial charge in [0, 0.05) is 19.6 Å². The lowest BCUT2D eigenvalue weighted by molar-refractivity contribution is -0.150. The standard InChI is InChI=1S/C14H19NO4/c1-18-14(17)13(16)12-5-3-2-4-11(12)10-15-6-8-19-9-7-15/h2-5,13,16H,6-10H2,1H3. The summed E-state index contributed by atoms with van der Waals surface area (Å²) in [5.41, 5.74) is 1.56. The molecule has 104 valence electrons. The van der Waals surface area contributed by atoms with Gasteiger partial charge in [-0.25, -0.2) is 4.79 Å². The third-order valence-corrected chi connectivity index (χ3v) is 3.27. The van der Waals surface area contributed by atoms with E-state index in [9.17, 15) is 9.90 Å². The minimum atomic E-state index is -1.22. The molecule has 1 atom stereocenters. The topological polar surface area (TPSA) is 59.0 Å². The number of rotatable bonds is 4. The molecule has 0 radical (unpaired) electrons. The van der Waals surface area contributed by atoms with Gasteiger partial charge in [0.2, 0.25) is 0 Å². The number of hydrogen-bond acceptors (Lipinski definition) is 5. The van der Waals surface area contributed by atoms with E-state index in [0.29, 0.717) is 12.1 Å². The van der Waals surface area contributed by atoms with E-state index in [1.165, 1.54) is 7.11 Å². The number of ether oxygens (including phenoxy) is 2. The Morgan fingerprint density at radius 2 is 2.11 bits per heavy atom. The van der Waals surface area contributed by atoms with E-state index < -0.39 is 12.1 Å². The molecule has 0 aliphatic carbocycles. The Morgan fingerprint density at radius 1 is 1.42 bits per heavy atom. The van der Waals surface area contributed by atoms with Crippen molar-refractivity contribution in [2.45, 2.75) is 12.6 Å². The van der Waals surface area contributed by atoms with Gasteiger partial charge in [-0.3, -0.25) is 4.90 Å². The fraction of sp³-hybridized carbons (Fsp3) is 0.500. The maximum atomic E-state index is 11.5. The zero-order chi connectivity index (χ0) is 13.7. The number of hydrogen-bond donors (Lipinski definition) is 1. The smallest absolute Gasteiger partial charge is 0.339 e. The molecule has 1 aliphatic heterocycles. The molecule has 1 fully saturated rings. The number of morpholine rings is 1. The molecule has 0 saturated carbocycles. The Morgan fingerprint density at radius 3 is 2.79 bits per heavy atom. The lowest BCUT2D eigenvalue weighted by Gasteiger charge is -2.27. The number of aliphatic hydroxyl groups excluding tert-OH is 1. The van der Waals surface area contributed by atoms with Crippen LogP contribution < -0.4 is 0 Å². The SMILES string of the molecule is COC(=O)C(O)c1ccccc1CN1CCOCC1. The van der Waals surface area contributed by atoms with Crippen LogP contribution >= 0.6 is 0 Å². The second-order valence-corrected chi connectivity index (χ2v) is 4.51. The van der Waals surface area contributed by atoms with Crippen molar-refractivity contribution in [1.29, 1.82) is 0 Å². The second kappa shape index (κ2) is 6.65. The molecule has 19 heavy (non-hydrogen) atoms. The summed E-state index contributed by atoms with van der Waals surface area (Å²) >= 11 is 0. The Bertz CT molecular complexity index is 429. The highest BCUT2D eigenvalue weighted by molar-refractivity contribution is 5.76. The highest BCUT2D eigenvalue weighted by Crippen LogP contribution is 2.21. The van der Waals surface area contributed by atoms with Crippen molar-refractivity contribution in [3.05, 3.63) is 35.4 Å². The number of carbonyl (C=O) groups excluding carboxylic acids is 1. The van der Waals surface area contributed by atoms with Crippen molar-refractivity contribution in [3.63, 3.8) is 0 Å². The van der Waals surface area contributed by atoms with E-state index in [1.54, 1.807) is 6.07 Å². The second-order valence-electron chi connectivity index (χ2n) is 4.51. The molecule has 1 N–H and O–H groups in total. The summed E-state index contributed by atoms with van der Waals surface area (Å²) in [5.74, 6) is -0.630. The number of aliphatic hydroxyl groups is 1. The van der Waals surface area contributed by atoms with Crippen molar-refractivity contribution < 1.29 is 19.4 Å². The summed E-state index contributed by atoms with van der Waals surface area (Å²) in [6, 6.07) is 7.40. The monoisotopic (exact) mass is 265 g/mol. The first-order valence-electron chi connectivity index (χ1n) is 6.36. The van der Waals surface area contributed by atoms with Crippen LogP contribution in [0.15, 0.2) is 24.3 Å². The van der Waals surface area contributed by atoms with Gasteiger partial charge in [-0.2, -0.15) is 0 Å². The maximum absolute atomic E-state index is 11.5. The Balaban J connectivity index is 2.13. The Hall–Kier alpha value is -1.43. The lowest BCUT2D eigenvalue weighted by Crippen LogP contribution is -2.36. The molecule has 5 nitrogen and oxygen atoms in total. The molecule has 5 heteroatoms. The van der Waals surface area contributed by atoms with Crippen molar-refractivity contribution in [2.75, 3.05) is 33.4 Å². The summed E-state index contributed by atoms with van der Waals surface area (Å²) in [4.78, 5) is 13.7. The Labute approximate surface area is 112 Å². The van der Waals surface area contributed by atoms with Gasteiger partial charge in [0.1, 0.15) is 0 Å². The molecule has 1 aliphatic rings. The van der Waals surface area contributed by atoms with Gasteiger partial charge in [-0.1, -0.05) is 24.3 Å². The van der Waals surface area contributed by atoms with E-state index in [-0.39, 0.29) is 0 Å². The largest absolute Gasteiger partial charge is 0.467 e. The van der Waals surface area contributed by atoms with Crippen LogP contribution in [0.2, 0.25) is 0 Å². The third kappa shape index (κ3) is 3.53. The van der Waals surface area contributed by atoms with Gasteiger partial charge in [0.15, 0.2) is 6.10 Å². The summed E-state index contributed by atoms with van der Waals surface area (Å²) in [6.07, 6.45) is -1.22. The fourth-order valence-corrected chi connectivity index (χ4v) is 2.18. The van der Waals surface area contributed by atoms with Gasteiger partial charge < -0.3 is 14.6 Å². The highest BCUT2D eigenvalue weighted by atomic mass is 16.5. The van der Waals surface area contributed by atoms with Crippen LogP contribution in [0.4, 0.5) is 0 Å². The van der Waals surface area contributed by atoms with Crippen LogP contribution in [-0.4, -0.2) is 49.4 Å². The number of carbonyl (C=O) groups is 1. The van der Waals surface area contributed by atoms with Crippen molar-refractivity contribution in [1.82, 2.24) is 4.90 Å². The molecular weight excluding hydrogens is 246 g/mol. The zero-order valence-electron chi connectivity index (χ0n) is 11.0. The van der Waals surface area contributed by atoms with Crippen LogP contribution in [-0.2, 0) is 20.8 Å². The van der Waals surface area contributed by atoms with Crippen LogP contribution in [0.3, 0.4) is 0 Å². The van der Waals surface area contributed by atoms with E-state index in [1.807, 2.05) is 18.2 Å². The fourth-order valence-electron chi connectivity index (χ4n) is 2.18. The molecule has 1 saturated heterocycles. The van der Waals surface area contributed by atoms with Crippen LogP contribution in [0.5, 0.6) is 0 Å². The predicted octanol–water partition coefficient (Wildman–Crippen LogP) is 0.725. The van der Waals surface area contributed by atoms with E-state index in [0.717, 1.165) is 31.9 Å². The number of methoxy groups -OCH3 is 1. The highest BCUT2D eigenvalue weighted by Gasteiger charge is 2.22. The normalized spacial score (nSPS) is 18.0.